The van der Waals surface area contributed by atoms with Crippen molar-refractivity contribution in [1.29, 1.82) is 0 Å². The first-order valence-corrected chi connectivity index (χ1v) is 7.05. The van der Waals surface area contributed by atoms with E-state index in [1.165, 1.54) is 0 Å². The number of hydrogen-bond acceptors (Lipinski definition) is 3. The Kier molecular flexibility index (Phi) is 5.21. The summed E-state index contributed by atoms with van der Waals surface area (Å²) in [5.41, 5.74) is 8.34. The minimum Gasteiger partial charge on any atom is -0.491 e. The van der Waals surface area contributed by atoms with Crippen molar-refractivity contribution in [2.75, 3.05) is 17.7 Å². The summed E-state index contributed by atoms with van der Waals surface area (Å²) in [6.07, 6.45) is 1.17. The third kappa shape index (κ3) is 4.24. The van der Waals surface area contributed by atoms with Gasteiger partial charge < -0.3 is 15.8 Å². The van der Waals surface area contributed by atoms with Gasteiger partial charge in [0, 0.05) is 5.69 Å². The number of ether oxygens (including phenoxy) is 1. The summed E-state index contributed by atoms with van der Waals surface area (Å²) in [6, 6.07) is 15.1. The Balaban J connectivity index is 1.84. The quantitative estimate of drug-likeness (QED) is 0.800. The molecule has 0 saturated carbocycles. The Labute approximate surface area is 124 Å². The first kappa shape index (κ1) is 14.9. The van der Waals surface area contributed by atoms with Gasteiger partial charge in [-0.05, 0) is 30.2 Å². The van der Waals surface area contributed by atoms with Crippen LogP contribution in [0.4, 0.5) is 11.4 Å². The van der Waals surface area contributed by atoms with E-state index in [9.17, 15) is 4.79 Å². The highest BCUT2D eigenvalue weighted by Gasteiger charge is 2.06. The fourth-order valence-corrected chi connectivity index (χ4v) is 2.03. The number of hydrogen-bond donors (Lipinski definition) is 2. The Hall–Kier alpha value is -2.49. The van der Waals surface area contributed by atoms with Crippen LogP contribution in [0.3, 0.4) is 0 Å². The molecule has 2 rings (SSSR count). The standard InChI is InChI=1S/C17H20N2O2/c1-2-13-7-3-5-9-15(13)19-17(20)11-12-21-16-10-6-4-8-14(16)18/h3-10H,2,11-12,18H2,1H3,(H,19,20). The zero-order valence-electron chi connectivity index (χ0n) is 12.1. The van der Waals surface area contributed by atoms with Gasteiger partial charge >= 0.3 is 0 Å². The molecule has 110 valence electrons. The van der Waals surface area contributed by atoms with E-state index >= 15 is 0 Å². The van der Waals surface area contributed by atoms with Gasteiger partial charge in [0.05, 0.1) is 18.7 Å². The van der Waals surface area contributed by atoms with Crippen LogP contribution in [-0.2, 0) is 11.2 Å². The first-order chi connectivity index (χ1) is 10.2. The van der Waals surface area contributed by atoms with Gasteiger partial charge in [-0.25, -0.2) is 0 Å². The van der Waals surface area contributed by atoms with Gasteiger partial charge in [0.25, 0.3) is 0 Å². The summed E-state index contributed by atoms with van der Waals surface area (Å²) in [5.74, 6) is 0.546. The van der Waals surface area contributed by atoms with E-state index in [1.807, 2.05) is 36.4 Å². The SMILES string of the molecule is CCc1ccccc1NC(=O)CCOc1ccccc1N. The lowest BCUT2D eigenvalue weighted by atomic mass is 10.1. The van der Waals surface area contributed by atoms with Crippen LogP contribution in [-0.4, -0.2) is 12.5 Å². The van der Waals surface area contributed by atoms with Crippen molar-refractivity contribution in [3.63, 3.8) is 0 Å². The molecule has 0 saturated heterocycles. The van der Waals surface area contributed by atoms with Crippen LogP contribution in [0.25, 0.3) is 0 Å². The van der Waals surface area contributed by atoms with Gasteiger partial charge in [-0.3, -0.25) is 4.79 Å². The number of benzene rings is 2. The molecule has 4 heteroatoms. The number of nitrogens with one attached hydrogen (secondary N) is 1. The van der Waals surface area contributed by atoms with E-state index < -0.39 is 0 Å². The Morgan fingerprint density at radius 1 is 1.14 bits per heavy atom. The van der Waals surface area contributed by atoms with Crippen molar-refractivity contribution in [1.82, 2.24) is 0 Å². The molecule has 0 spiro atoms. The molecule has 0 atom stereocenters. The van der Waals surface area contributed by atoms with Crippen molar-refractivity contribution in [3.8, 4) is 5.75 Å². The average Bonchev–Trinajstić information content (AvgIpc) is 2.50. The van der Waals surface area contributed by atoms with Gasteiger partial charge in [0.2, 0.25) is 5.91 Å². The fraction of sp³-hybridized carbons (Fsp3) is 0.235. The maximum atomic E-state index is 11.9. The zero-order chi connectivity index (χ0) is 15.1. The number of aryl methyl sites for hydroxylation is 1. The minimum absolute atomic E-state index is 0.0644. The summed E-state index contributed by atoms with van der Waals surface area (Å²) in [6.45, 7) is 2.36. The molecule has 0 unspecified atom stereocenters. The van der Waals surface area contributed by atoms with E-state index in [2.05, 4.69) is 12.2 Å². The third-order valence-electron chi connectivity index (χ3n) is 3.18. The lowest BCUT2D eigenvalue weighted by Gasteiger charge is -2.11. The molecule has 0 heterocycles. The monoisotopic (exact) mass is 284 g/mol. The van der Waals surface area contributed by atoms with Crippen LogP contribution in [0.5, 0.6) is 5.75 Å². The fourth-order valence-electron chi connectivity index (χ4n) is 2.03. The molecule has 2 aromatic carbocycles. The smallest absolute Gasteiger partial charge is 0.227 e. The van der Waals surface area contributed by atoms with Gasteiger partial charge in [-0.15, -0.1) is 0 Å². The van der Waals surface area contributed by atoms with E-state index in [0.29, 0.717) is 18.0 Å². The number of carbonyl (C=O) groups is 1. The largest absolute Gasteiger partial charge is 0.491 e. The lowest BCUT2D eigenvalue weighted by Crippen LogP contribution is -2.16. The van der Waals surface area contributed by atoms with Crippen LogP contribution in [0.2, 0.25) is 0 Å². The van der Waals surface area contributed by atoms with Gasteiger partial charge in [-0.1, -0.05) is 37.3 Å². The Morgan fingerprint density at radius 2 is 1.86 bits per heavy atom. The maximum Gasteiger partial charge on any atom is 0.227 e. The first-order valence-electron chi connectivity index (χ1n) is 7.05. The minimum atomic E-state index is -0.0644. The number of para-hydroxylation sites is 3. The molecule has 4 nitrogen and oxygen atoms in total. The molecule has 0 aromatic heterocycles. The Morgan fingerprint density at radius 3 is 2.62 bits per heavy atom. The molecule has 0 aliphatic rings. The van der Waals surface area contributed by atoms with Crippen LogP contribution in [0, 0.1) is 0 Å². The molecular weight excluding hydrogens is 264 g/mol. The van der Waals surface area contributed by atoms with Crippen LogP contribution >= 0.6 is 0 Å². The van der Waals surface area contributed by atoms with Gasteiger partial charge in [-0.2, -0.15) is 0 Å². The van der Waals surface area contributed by atoms with Crippen LogP contribution in [0.15, 0.2) is 48.5 Å². The molecule has 0 aliphatic carbocycles. The van der Waals surface area contributed by atoms with E-state index in [1.54, 1.807) is 12.1 Å². The molecule has 0 bridgehead atoms. The molecule has 1 amide bonds. The average molecular weight is 284 g/mol. The number of rotatable bonds is 6. The highest BCUT2D eigenvalue weighted by Crippen LogP contribution is 2.20. The van der Waals surface area contributed by atoms with Crippen molar-refractivity contribution in [3.05, 3.63) is 54.1 Å². The summed E-state index contributed by atoms with van der Waals surface area (Å²) in [4.78, 5) is 11.9. The molecule has 0 radical (unpaired) electrons. The number of carbonyl (C=O) groups excluding carboxylic acids is 1. The summed E-state index contributed by atoms with van der Waals surface area (Å²) in [7, 11) is 0. The second-order valence-electron chi connectivity index (χ2n) is 4.70. The van der Waals surface area contributed by atoms with Crippen molar-refractivity contribution < 1.29 is 9.53 Å². The molecule has 0 fully saturated rings. The van der Waals surface area contributed by atoms with Crippen molar-refractivity contribution >= 4 is 17.3 Å². The normalized spacial score (nSPS) is 10.1. The van der Waals surface area contributed by atoms with Gasteiger partial charge in [0.1, 0.15) is 5.75 Å². The molecule has 0 aliphatic heterocycles. The molecule has 3 N–H and O–H groups in total. The van der Waals surface area contributed by atoms with Crippen LogP contribution < -0.4 is 15.8 Å². The maximum absolute atomic E-state index is 11.9. The van der Waals surface area contributed by atoms with Crippen molar-refractivity contribution in [2.24, 2.45) is 0 Å². The lowest BCUT2D eigenvalue weighted by molar-refractivity contribution is -0.116. The summed E-state index contributed by atoms with van der Waals surface area (Å²) in [5, 5.41) is 2.91. The number of nitrogen functional groups attached to an aromatic ring is 1. The highest BCUT2D eigenvalue weighted by molar-refractivity contribution is 5.91. The number of nitrogens with two attached hydrogens (primary N) is 1. The third-order valence-corrected chi connectivity index (χ3v) is 3.18. The summed E-state index contributed by atoms with van der Waals surface area (Å²) < 4.78 is 5.52. The number of amides is 1. The second-order valence-corrected chi connectivity index (χ2v) is 4.70. The zero-order valence-corrected chi connectivity index (χ0v) is 12.1. The predicted octanol–water partition coefficient (Wildman–Crippen LogP) is 3.24. The molecule has 2 aromatic rings. The molecular formula is C17H20N2O2. The van der Waals surface area contributed by atoms with Crippen LogP contribution in [0.1, 0.15) is 18.9 Å². The van der Waals surface area contributed by atoms with Crippen molar-refractivity contribution in [2.45, 2.75) is 19.8 Å². The topological polar surface area (TPSA) is 64.3 Å². The van der Waals surface area contributed by atoms with E-state index in [4.69, 9.17) is 10.5 Å². The Bertz CT molecular complexity index is 611. The summed E-state index contributed by atoms with van der Waals surface area (Å²) >= 11 is 0. The van der Waals surface area contributed by atoms with Gasteiger partial charge in [0.15, 0.2) is 0 Å². The number of anilines is 2. The highest BCUT2D eigenvalue weighted by atomic mass is 16.5. The van der Waals surface area contributed by atoms with E-state index in [-0.39, 0.29) is 12.3 Å². The molecule has 21 heavy (non-hydrogen) atoms. The van der Waals surface area contributed by atoms with E-state index in [0.717, 1.165) is 17.7 Å². The second kappa shape index (κ2) is 7.33. The predicted molar refractivity (Wildman–Crippen MR) is 85.4 cm³/mol.